The molecule has 0 atom stereocenters. The zero-order valence-electron chi connectivity index (χ0n) is 14.5. The Morgan fingerprint density at radius 2 is 1.64 bits per heavy atom. The molecule has 0 aromatic heterocycles. The van der Waals surface area contributed by atoms with Crippen LogP contribution in [-0.2, 0) is 10.0 Å². The quantitative estimate of drug-likeness (QED) is 0.911. The monoisotopic (exact) mass is 358 g/mol. The maximum absolute atomic E-state index is 12.5. The summed E-state index contributed by atoms with van der Waals surface area (Å²) in [7, 11) is -3.45. The molecule has 6 heteroatoms. The minimum atomic E-state index is -3.45. The number of anilines is 1. The summed E-state index contributed by atoms with van der Waals surface area (Å²) in [4.78, 5) is 12.7. The van der Waals surface area contributed by atoms with Crippen molar-refractivity contribution in [2.24, 2.45) is 0 Å². The zero-order chi connectivity index (χ0) is 18.0. The van der Waals surface area contributed by atoms with Gasteiger partial charge in [-0.3, -0.25) is 4.79 Å². The van der Waals surface area contributed by atoms with Crippen molar-refractivity contribution in [3.8, 4) is 0 Å². The molecule has 1 amide bonds. The van der Waals surface area contributed by atoms with Crippen LogP contribution in [0.4, 0.5) is 5.69 Å². The van der Waals surface area contributed by atoms with Crippen molar-refractivity contribution in [3.05, 3.63) is 59.2 Å². The molecule has 0 radical (unpaired) electrons. The molecule has 1 aliphatic rings. The maximum atomic E-state index is 12.5. The predicted octanol–water partition coefficient (Wildman–Crippen LogP) is 3.34. The number of aryl methyl sites for hydroxylation is 2. The van der Waals surface area contributed by atoms with Gasteiger partial charge in [0.2, 0.25) is 10.0 Å². The minimum Gasteiger partial charge on any atom is -0.322 e. The van der Waals surface area contributed by atoms with E-state index in [1.54, 1.807) is 12.1 Å². The van der Waals surface area contributed by atoms with Crippen LogP contribution in [0.1, 0.15) is 34.3 Å². The van der Waals surface area contributed by atoms with Crippen LogP contribution in [0.25, 0.3) is 0 Å². The van der Waals surface area contributed by atoms with E-state index in [0.717, 1.165) is 29.7 Å². The molecule has 1 heterocycles. The van der Waals surface area contributed by atoms with Crippen LogP contribution >= 0.6 is 0 Å². The Morgan fingerprint density at radius 3 is 2.28 bits per heavy atom. The molecule has 25 heavy (non-hydrogen) atoms. The van der Waals surface area contributed by atoms with E-state index in [1.165, 1.54) is 16.4 Å². The van der Waals surface area contributed by atoms with Gasteiger partial charge in [0, 0.05) is 24.3 Å². The zero-order valence-corrected chi connectivity index (χ0v) is 15.3. The Labute approximate surface area is 148 Å². The van der Waals surface area contributed by atoms with Crippen molar-refractivity contribution < 1.29 is 13.2 Å². The molecular weight excluding hydrogens is 336 g/mol. The number of carbonyl (C=O) groups excluding carboxylic acids is 1. The minimum absolute atomic E-state index is 0.234. The third-order valence-electron chi connectivity index (χ3n) is 4.46. The molecule has 0 saturated carbocycles. The number of benzene rings is 2. The smallest absolute Gasteiger partial charge is 0.255 e. The van der Waals surface area contributed by atoms with Crippen molar-refractivity contribution in [2.45, 2.75) is 31.6 Å². The van der Waals surface area contributed by atoms with E-state index in [-0.39, 0.29) is 10.8 Å². The average Bonchev–Trinajstić information content (AvgIpc) is 3.13. The van der Waals surface area contributed by atoms with Crippen LogP contribution in [0.3, 0.4) is 0 Å². The molecule has 1 saturated heterocycles. The van der Waals surface area contributed by atoms with Gasteiger partial charge in [-0.15, -0.1) is 0 Å². The van der Waals surface area contributed by atoms with Gasteiger partial charge in [-0.25, -0.2) is 8.42 Å². The van der Waals surface area contributed by atoms with Gasteiger partial charge in [0.25, 0.3) is 5.91 Å². The number of nitrogens with one attached hydrogen (secondary N) is 1. The van der Waals surface area contributed by atoms with Gasteiger partial charge in [-0.05, 0) is 68.1 Å². The number of sulfonamides is 1. The molecule has 5 nitrogen and oxygen atoms in total. The Bertz CT molecular complexity index is 883. The average molecular weight is 358 g/mol. The van der Waals surface area contributed by atoms with E-state index in [2.05, 4.69) is 5.32 Å². The highest BCUT2D eigenvalue weighted by molar-refractivity contribution is 7.89. The van der Waals surface area contributed by atoms with Gasteiger partial charge < -0.3 is 5.32 Å². The fraction of sp³-hybridized carbons (Fsp3) is 0.316. The lowest BCUT2D eigenvalue weighted by Crippen LogP contribution is -2.27. The summed E-state index contributed by atoms with van der Waals surface area (Å²) in [5, 5.41) is 2.88. The summed E-state index contributed by atoms with van der Waals surface area (Å²) >= 11 is 0. The molecule has 1 N–H and O–H groups in total. The van der Waals surface area contributed by atoms with Gasteiger partial charge in [-0.2, -0.15) is 4.31 Å². The second kappa shape index (κ2) is 6.98. The third kappa shape index (κ3) is 3.75. The molecule has 3 rings (SSSR count). The number of hydrogen-bond acceptors (Lipinski definition) is 3. The molecule has 132 valence electrons. The molecule has 0 aliphatic carbocycles. The van der Waals surface area contributed by atoms with Crippen LogP contribution in [0.2, 0.25) is 0 Å². The molecule has 0 spiro atoms. The van der Waals surface area contributed by atoms with Crippen LogP contribution in [0, 0.1) is 13.8 Å². The van der Waals surface area contributed by atoms with Crippen molar-refractivity contribution in [1.29, 1.82) is 0 Å². The summed E-state index contributed by atoms with van der Waals surface area (Å²) in [5.74, 6) is -0.251. The fourth-order valence-corrected chi connectivity index (χ4v) is 4.44. The van der Waals surface area contributed by atoms with E-state index >= 15 is 0 Å². The Balaban J connectivity index is 1.78. The highest BCUT2D eigenvalue weighted by Crippen LogP contribution is 2.22. The number of hydrogen-bond donors (Lipinski definition) is 1. The van der Waals surface area contributed by atoms with Gasteiger partial charge in [-0.1, -0.05) is 12.1 Å². The van der Waals surface area contributed by atoms with Gasteiger partial charge in [0.05, 0.1) is 4.90 Å². The van der Waals surface area contributed by atoms with Crippen LogP contribution in [0.15, 0.2) is 47.4 Å². The summed E-state index contributed by atoms with van der Waals surface area (Å²) < 4.78 is 26.5. The SMILES string of the molecule is Cc1ccc(C)c(NC(=O)c2ccc(S(=O)(=O)N3CCCC3)cc2)c1. The summed E-state index contributed by atoms with van der Waals surface area (Å²) in [6.45, 7) is 5.03. The van der Waals surface area contributed by atoms with Crippen molar-refractivity contribution in [1.82, 2.24) is 4.31 Å². The molecule has 0 bridgehead atoms. The second-order valence-corrected chi connectivity index (χ2v) is 8.35. The van der Waals surface area contributed by atoms with E-state index < -0.39 is 10.0 Å². The maximum Gasteiger partial charge on any atom is 0.255 e. The second-order valence-electron chi connectivity index (χ2n) is 6.41. The van der Waals surface area contributed by atoms with Crippen molar-refractivity contribution in [2.75, 3.05) is 18.4 Å². The number of rotatable bonds is 4. The number of amides is 1. The summed E-state index contributed by atoms with van der Waals surface area (Å²) in [6.07, 6.45) is 1.80. The first kappa shape index (κ1) is 17.6. The van der Waals surface area contributed by atoms with Crippen molar-refractivity contribution in [3.63, 3.8) is 0 Å². The number of nitrogens with zero attached hydrogens (tertiary/aromatic N) is 1. The topological polar surface area (TPSA) is 66.5 Å². The third-order valence-corrected chi connectivity index (χ3v) is 6.37. The lowest BCUT2D eigenvalue weighted by atomic mass is 10.1. The lowest BCUT2D eigenvalue weighted by Gasteiger charge is -2.15. The molecule has 2 aromatic carbocycles. The standard InChI is InChI=1S/C19H22N2O3S/c1-14-5-6-15(2)18(13-14)20-19(22)16-7-9-17(10-8-16)25(23,24)21-11-3-4-12-21/h5-10,13H,3-4,11-12H2,1-2H3,(H,20,22). The van der Waals surface area contributed by atoms with E-state index in [4.69, 9.17) is 0 Å². The predicted molar refractivity (Wildman–Crippen MR) is 98.3 cm³/mol. The Kier molecular flexibility index (Phi) is 4.92. The first-order valence-electron chi connectivity index (χ1n) is 8.37. The lowest BCUT2D eigenvalue weighted by molar-refractivity contribution is 0.102. The van der Waals surface area contributed by atoms with Crippen LogP contribution in [-0.4, -0.2) is 31.7 Å². The number of carbonyl (C=O) groups is 1. The van der Waals surface area contributed by atoms with Gasteiger partial charge in [0.15, 0.2) is 0 Å². The molecule has 0 unspecified atom stereocenters. The van der Waals surface area contributed by atoms with Gasteiger partial charge >= 0.3 is 0 Å². The van der Waals surface area contributed by atoms with Gasteiger partial charge in [0.1, 0.15) is 0 Å². The molecule has 1 aliphatic heterocycles. The largest absolute Gasteiger partial charge is 0.322 e. The van der Waals surface area contributed by atoms with Crippen LogP contribution < -0.4 is 5.32 Å². The van der Waals surface area contributed by atoms with E-state index in [1.807, 2.05) is 32.0 Å². The molecule has 2 aromatic rings. The Hall–Kier alpha value is -2.18. The highest BCUT2D eigenvalue weighted by Gasteiger charge is 2.27. The van der Waals surface area contributed by atoms with E-state index in [0.29, 0.717) is 18.7 Å². The first-order chi connectivity index (χ1) is 11.9. The molecule has 1 fully saturated rings. The first-order valence-corrected chi connectivity index (χ1v) is 9.81. The normalized spacial score (nSPS) is 15.3. The van der Waals surface area contributed by atoms with Crippen molar-refractivity contribution >= 4 is 21.6 Å². The van der Waals surface area contributed by atoms with E-state index in [9.17, 15) is 13.2 Å². The highest BCUT2D eigenvalue weighted by atomic mass is 32.2. The summed E-state index contributed by atoms with van der Waals surface area (Å²) in [5.41, 5.74) is 3.24. The molecular formula is C19H22N2O3S. The summed E-state index contributed by atoms with van der Waals surface area (Å²) in [6, 6.07) is 12.0. The fourth-order valence-electron chi connectivity index (χ4n) is 2.92. The van der Waals surface area contributed by atoms with Crippen LogP contribution in [0.5, 0.6) is 0 Å². The Morgan fingerprint density at radius 1 is 1.00 bits per heavy atom.